The molecular formula is C14H20N2O3. The van der Waals surface area contributed by atoms with Crippen LogP contribution in [-0.4, -0.2) is 34.3 Å². The van der Waals surface area contributed by atoms with Crippen molar-refractivity contribution in [3.8, 4) is 0 Å². The van der Waals surface area contributed by atoms with Gasteiger partial charge in [-0.25, -0.2) is 9.78 Å². The van der Waals surface area contributed by atoms with Crippen molar-refractivity contribution >= 4 is 11.7 Å². The lowest BCUT2D eigenvalue weighted by molar-refractivity contribution is 0.0690. The molecule has 0 aromatic carbocycles. The minimum atomic E-state index is -1.01. The maximum absolute atomic E-state index is 10.7. The maximum Gasteiger partial charge on any atom is 0.354 e. The summed E-state index contributed by atoms with van der Waals surface area (Å²) in [6.07, 6.45) is 6.20. The fourth-order valence-corrected chi connectivity index (χ4v) is 2.67. The minimum absolute atomic E-state index is 0.0523. The van der Waals surface area contributed by atoms with Gasteiger partial charge >= 0.3 is 5.97 Å². The van der Waals surface area contributed by atoms with Crippen molar-refractivity contribution in [2.45, 2.75) is 25.7 Å². The highest BCUT2D eigenvalue weighted by molar-refractivity contribution is 5.85. The Morgan fingerprint density at radius 2 is 2.05 bits per heavy atom. The largest absolute Gasteiger partial charge is 0.477 e. The molecule has 1 aliphatic carbocycles. The molecule has 3 N–H and O–H groups in total. The number of carboxylic acid groups (broad SMARTS) is 1. The summed E-state index contributed by atoms with van der Waals surface area (Å²) in [6.45, 7) is 1.06. The summed E-state index contributed by atoms with van der Waals surface area (Å²) in [5.74, 6) is -0.149. The number of carboxylic acids is 1. The van der Waals surface area contributed by atoms with E-state index < -0.39 is 5.97 Å². The summed E-state index contributed by atoms with van der Waals surface area (Å²) in [7, 11) is 0. The van der Waals surface area contributed by atoms with E-state index in [0.717, 1.165) is 25.1 Å². The zero-order valence-electron chi connectivity index (χ0n) is 10.9. The van der Waals surface area contributed by atoms with Crippen LogP contribution in [0.25, 0.3) is 0 Å². The van der Waals surface area contributed by atoms with Crippen LogP contribution in [0.4, 0.5) is 5.69 Å². The van der Waals surface area contributed by atoms with E-state index in [1.165, 1.54) is 18.9 Å². The predicted molar refractivity (Wildman–Crippen MR) is 72.2 cm³/mol. The van der Waals surface area contributed by atoms with Gasteiger partial charge in [0.15, 0.2) is 0 Å². The molecule has 2 rings (SSSR count). The van der Waals surface area contributed by atoms with Gasteiger partial charge in [0.2, 0.25) is 0 Å². The average Bonchev–Trinajstić information content (AvgIpc) is 2.45. The number of aromatic nitrogens is 1. The third-order valence-corrected chi connectivity index (χ3v) is 3.85. The monoisotopic (exact) mass is 264 g/mol. The molecule has 0 aliphatic heterocycles. The quantitative estimate of drug-likeness (QED) is 0.757. The normalized spacial score (nSPS) is 23.0. The standard InChI is InChI=1S/C14H20N2O3/c17-9-11-4-2-1-3-10(11)7-15-12-5-6-13(14(18)19)16-8-12/h5-6,8,10-11,15,17H,1-4,7,9H2,(H,18,19). The highest BCUT2D eigenvalue weighted by Gasteiger charge is 2.24. The van der Waals surface area contributed by atoms with Gasteiger partial charge in [-0.15, -0.1) is 0 Å². The molecule has 0 amide bonds. The number of anilines is 1. The summed E-state index contributed by atoms with van der Waals surface area (Å²) >= 11 is 0. The molecule has 1 fully saturated rings. The maximum atomic E-state index is 10.7. The summed E-state index contributed by atoms with van der Waals surface area (Å²) in [6, 6.07) is 3.22. The first-order valence-electron chi connectivity index (χ1n) is 6.75. The Hall–Kier alpha value is -1.62. The minimum Gasteiger partial charge on any atom is -0.477 e. The fourth-order valence-electron chi connectivity index (χ4n) is 2.67. The van der Waals surface area contributed by atoms with Gasteiger partial charge in [-0.05, 0) is 36.8 Å². The van der Waals surface area contributed by atoms with Gasteiger partial charge in [0.05, 0.1) is 11.9 Å². The lowest BCUT2D eigenvalue weighted by Crippen LogP contribution is -2.28. The average molecular weight is 264 g/mol. The second-order valence-electron chi connectivity index (χ2n) is 5.11. The summed E-state index contributed by atoms with van der Waals surface area (Å²) in [5, 5.41) is 21.4. The number of rotatable bonds is 5. The van der Waals surface area contributed by atoms with Crippen LogP contribution in [-0.2, 0) is 0 Å². The number of aromatic carboxylic acids is 1. The Bertz CT molecular complexity index is 419. The Morgan fingerprint density at radius 1 is 1.32 bits per heavy atom. The van der Waals surface area contributed by atoms with Gasteiger partial charge in [-0.2, -0.15) is 0 Å². The van der Waals surface area contributed by atoms with Crippen LogP contribution in [0.5, 0.6) is 0 Å². The molecule has 1 aliphatic rings. The highest BCUT2D eigenvalue weighted by atomic mass is 16.4. The van der Waals surface area contributed by atoms with Crippen molar-refractivity contribution in [2.75, 3.05) is 18.5 Å². The van der Waals surface area contributed by atoms with Crippen molar-refractivity contribution in [3.63, 3.8) is 0 Å². The molecule has 1 saturated carbocycles. The molecule has 104 valence electrons. The van der Waals surface area contributed by atoms with Crippen molar-refractivity contribution < 1.29 is 15.0 Å². The zero-order chi connectivity index (χ0) is 13.7. The van der Waals surface area contributed by atoms with Crippen molar-refractivity contribution in [3.05, 3.63) is 24.0 Å². The summed E-state index contributed by atoms with van der Waals surface area (Å²) in [4.78, 5) is 14.6. The highest BCUT2D eigenvalue weighted by Crippen LogP contribution is 2.29. The van der Waals surface area contributed by atoms with E-state index >= 15 is 0 Å². The van der Waals surface area contributed by atoms with Gasteiger partial charge in [0.25, 0.3) is 0 Å². The van der Waals surface area contributed by atoms with Crippen LogP contribution < -0.4 is 5.32 Å². The van der Waals surface area contributed by atoms with E-state index in [9.17, 15) is 9.90 Å². The van der Waals surface area contributed by atoms with Crippen LogP contribution in [0.1, 0.15) is 36.2 Å². The molecule has 1 aromatic rings. The molecule has 0 radical (unpaired) electrons. The lowest BCUT2D eigenvalue weighted by atomic mass is 9.79. The molecule has 1 heterocycles. The number of aliphatic hydroxyl groups excluding tert-OH is 1. The van der Waals surface area contributed by atoms with Gasteiger partial charge < -0.3 is 15.5 Å². The number of nitrogens with one attached hydrogen (secondary N) is 1. The second-order valence-corrected chi connectivity index (χ2v) is 5.11. The molecule has 0 spiro atoms. The van der Waals surface area contributed by atoms with Gasteiger partial charge in [-0.3, -0.25) is 0 Å². The number of carbonyl (C=O) groups is 1. The smallest absolute Gasteiger partial charge is 0.354 e. The van der Waals surface area contributed by atoms with E-state index in [1.807, 2.05) is 0 Å². The molecular weight excluding hydrogens is 244 g/mol. The Balaban J connectivity index is 1.88. The third-order valence-electron chi connectivity index (χ3n) is 3.85. The molecule has 2 unspecified atom stereocenters. The first kappa shape index (κ1) is 13.8. The number of hydrogen-bond donors (Lipinski definition) is 3. The number of aliphatic hydroxyl groups is 1. The lowest BCUT2D eigenvalue weighted by Gasteiger charge is -2.30. The number of nitrogens with zero attached hydrogens (tertiary/aromatic N) is 1. The van der Waals surface area contributed by atoms with Gasteiger partial charge in [0.1, 0.15) is 5.69 Å². The second kappa shape index (κ2) is 6.52. The third kappa shape index (κ3) is 3.67. The molecule has 0 saturated heterocycles. The van der Waals surface area contributed by atoms with E-state index in [1.54, 1.807) is 12.3 Å². The number of pyridine rings is 1. The van der Waals surface area contributed by atoms with Crippen molar-refractivity contribution in [1.29, 1.82) is 0 Å². The van der Waals surface area contributed by atoms with Gasteiger partial charge in [-0.1, -0.05) is 12.8 Å². The van der Waals surface area contributed by atoms with E-state index in [4.69, 9.17) is 5.11 Å². The molecule has 2 atom stereocenters. The van der Waals surface area contributed by atoms with Crippen molar-refractivity contribution in [2.24, 2.45) is 11.8 Å². The molecule has 1 aromatic heterocycles. The first-order chi connectivity index (χ1) is 9.20. The Labute approximate surface area is 112 Å². The molecule has 5 nitrogen and oxygen atoms in total. The summed E-state index contributed by atoms with van der Waals surface area (Å²) < 4.78 is 0. The topological polar surface area (TPSA) is 82.5 Å². The van der Waals surface area contributed by atoms with E-state index in [2.05, 4.69) is 10.3 Å². The van der Waals surface area contributed by atoms with Crippen LogP contribution >= 0.6 is 0 Å². The van der Waals surface area contributed by atoms with Crippen LogP contribution in [0.3, 0.4) is 0 Å². The zero-order valence-corrected chi connectivity index (χ0v) is 10.9. The van der Waals surface area contributed by atoms with Crippen molar-refractivity contribution in [1.82, 2.24) is 4.98 Å². The predicted octanol–water partition coefficient (Wildman–Crippen LogP) is 1.99. The fraction of sp³-hybridized carbons (Fsp3) is 0.571. The van der Waals surface area contributed by atoms with Crippen LogP contribution in [0, 0.1) is 11.8 Å². The number of hydrogen-bond acceptors (Lipinski definition) is 4. The molecule has 5 heteroatoms. The SMILES string of the molecule is O=C(O)c1ccc(NCC2CCCCC2CO)cn1. The van der Waals surface area contributed by atoms with Crippen LogP contribution in [0.15, 0.2) is 18.3 Å². The first-order valence-corrected chi connectivity index (χ1v) is 6.75. The van der Waals surface area contributed by atoms with Crippen LogP contribution in [0.2, 0.25) is 0 Å². The summed E-state index contributed by atoms with van der Waals surface area (Å²) in [5.41, 5.74) is 0.878. The molecule has 19 heavy (non-hydrogen) atoms. The van der Waals surface area contributed by atoms with E-state index in [0.29, 0.717) is 11.8 Å². The Kier molecular flexibility index (Phi) is 4.74. The van der Waals surface area contributed by atoms with Gasteiger partial charge in [0, 0.05) is 13.2 Å². The van der Waals surface area contributed by atoms with E-state index in [-0.39, 0.29) is 12.3 Å². The Morgan fingerprint density at radius 3 is 2.63 bits per heavy atom. The molecule has 0 bridgehead atoms.